The fourth-order valence-corrected chi connectivity index (χ4v) is 3.15. The van der Waals surface area contributed by atoms with Crippen LogP contribution in [0.2, 0.25) is 5.02 Å². The van der Waals surface area contributed by atoms with Crippen LogP contribution in [0.4, 0.5) is 10.5 Å². The molecule has 0 spiro atoms. The van der Waals surface area contributed by atoms with E-state index in [9.17, 15) is 4.79 Å². The van der Waals surface area contributed by atoms with Crippen molar-refractivity contribution < 1.29 is 4.79 Å². The Balaban J connectivity index is 1.50. The average molecular weight is 394 g/mol. The van der Waals surface area contributed by atoms with Gasteiger partial charge in [0.15, 0.2) is 0 Å². The Labute approximate surface area is 170 Å². The van der Waals surface area contributed by atoms with Gasteiger partial charge in [0.2, 0.25) is 0 Å². The first-order valence-corrected chi connectivity index (χ1v) is 9.69. The summed E-state index contributed by atoms with van der Waals surface area (Å²) in [6.07, 6.45) is 1.48. The molecule has 0 aromatic heterocycles. The Morgan fingerprint density at radius 1 is 0.929 bits per heavy atom. The van der Waals surface area contributed by atoms with Crippen molar-refractivity contribution >= 4 is 23.3 Å². The Hall–Kier alpha value is -2.82. The number of nitrogens with one attached hydrogen (secondary N) is 2. The van der Waals surface area contributed by atoms with E-state index in [1.807, 2.05) is 60.7 Å². The molecule has 3 aromatic rings. The van der Waals surface area contributed by atoms with Crippen LogP contribution in [0.1, 0.15) is 12.0 Å². The molecule has 0 saturated carbocycles. The van der Waals surface area contributed by atoms with E-state index in [0.717, 1.165) is 17.5 Å². The molecule has 28 heavy (non-hydrogen) atoms. The normalized spacial score (nSPS) is 11.6. The van der Waals surface area contributed by atoms with Crippen LogP contribution in [-0.4, -0.2) is 18.6 Å². The Bertz CT molecular complexity index is 900. The lowest BCUT2D eigenvalue weighted by atomic mass is 10.0. The number of nitrogens with two attached hydrogens (primary N) is 1. The van der Waals surface area contributed by atoms with Gasteiger partial charge >= 0.3 is 6.03 Å². The van der Waals surface area contributed by atoms with Crippen molar-refractivity contribution in [3.05, 3.63) is 89.4 Å². The lowest BCUT2D eigenvalue weighted by Gasteiger charge is -2.14. The van der Waals surface area contributed by atoms with E-state index in [2.05, 4.69) is 22.8 Å². The Kier molecular flexibility index (Phi) is 7.06. The topological polar surface area (TPSA) is 67.1 Å². The van der Waals surface area contributed by atoms with Crippen LogP contribution < -0.4 is 16.4 Å². The van der Waals surface area contributed by atoms with E-state index < -0.39 is 0 Å². The molecule has 2 amide bonds. The number of rotatable bonds is 7. The molecule has 0 bridgehead atoms. The highest BCUT2D eigenvalue weighted by Gasteiger charge is 2.09. The minimum Gasteiger partial charge on any atom is -0.338 e. The Morgan fingerprint density at radius 3 is 2.32 bits per heavy atom. The van der Waals surface area contributed by atoms with Crippen LogP contribution in [0.3, 0.4) is 0 Å². The number of hydrogen-bond donors (Lipinski definition) is 3. The first-order chi connectivity index (χ1) is 13.6. The minimum absolute atomic E-state index is 0.00676. The highest BCUT2D eigenvalue weighted by Crippen LogP contribution is 2.28. The number of benzene rings is 3. The number of amides is 2. The SMILES string of the molecule is NC(CCNC(=O)Nc1cc(-c2ccccc2)ccc1Cl)Cc1ccccc1. The predicted octanol–water partition coefficient (Wildman–Crippen LogP) is 5.09. The molecule has 1 unspecified atom stereocenters. The number of urea groups is 1. The van der Waals surface area contributed by atoms with Gasteiger partial charge in [0, 0.05) is 12.6 Å². The van der Waals surface area contributed by atoms with Gasteiger partial charge in [-0.05, 0) is 41.7 Å². The zero-order chi connectivity index (χ0) is 19.8. The molecule has 0 saturated heterocycles. The molecule has 4 N–H and O–H groups in total. The third kappa shape index (κ3) is 5.84. The van der Waals surface area contributed by atoms with Crippen molar-refractivity contribution in [1.29, 1.82) is 0 Å². The summed E-state index contributed by atoms with van der Waals surface area (Å²) in [4.78, 5) is 12.2. The summed E-state index contributed by atoms with van der Waals surface area (Å²) < 4.78 is 0. The second-order valence-electron chi connectivity index (χ2n) is 6.68. The van der Waals surface area contributed by atoms with E-state index in [1.165, 1.54) is 5.56 Å². The van der Waals surface area contributed by atoms with Crippen LogP contribution in [-0.2, 0) is 6.42 Å². The van der Waals surface area contributed by atoms with Crippen molar-refractivity contribution in [2.75, 3.05) is 11.9 Å². The van der Waals surface area contributed by atoms with E-state index in [1.54, 1.807) is 6.07 Å². The summed E-state index contributed by atoms with van der Waals surface area (Å²) >= 11 is 6.24. The van der Waals surface area contributed by atoms with Crippen molar-refractivity contribution in [2.45, 2.75) is 18.9 Å². The van der Waals surface area contributed by atoms with Gasteiger partial charge in [-0.2, -0.15) is 0 Å². The maximum Gasteiger partial charge on any atom is 0.319 e. The molecule has 0 radical (unpaired) electrons. The average Bonchev–Trinajstić information content (AvgIpc) is 2.71. The van der Waals surface area contributed by atoms with Crippen LogP contribution in [0.15, 0.2) is 78.9 Å². The predicted molar refractivity (Wildman–Crippen MR) is 117 cm³/mol. The van der Waals surface area contributed by atoms with Crippen LogP contribution in [0.5, 0.6) is 0 Å². The molecule has 0 heterocycles. The molecule has 144 valence electrons. The highest BCUT2D eigenvalue weighted by molar-refractivity contribution is 6.33. The lowest BCUT2D eigenvalue weighted by Crippen LogP contribution is -2.34. The fourth-order valence-electron chi connectivity index (χ4n) is 2.99. The molecule has 1 atom stereocenters. The molecule has 3 aromatic carbocycles. The van der Waals surface area contributed by atoms with E-state index in [4.69, 9.17) is 17.3 Å². The number of halogens is 1. The zero-order valence-electron chi connectivity index (χ0n) is 15.6. The number of carbonyl (C=O) groups excluding carboxylic acids is 1. The minimum atomic E-state index is -0.293. The molecule has 0 aliphatic rings. The van der Waals surface area contributed by atoms with Gasteiger partial charge in [-0.1, -0.05) is 78.3 Å². The van der Waals surface area contributed by atoms with Crippen LogP contribution >= 0.6 is 11.6 Å². The van der Waals surface area contributed by atoms with Gasteiger partial charge in [0.05, 0.1) is 10.7 Å². The molecule has 3 rings (SSSR count). The maximum atomic E-state index is 12.2. The zero-order valence-corrected chi connectivity index (χ0v) is 16.3. The quantitative estimate of drug-likeness (QED) is 0.523. The summed E-state index contributed by atoms with van der Waals surface area (Å²) in [6, 6.07) is 25.3. The second-order valence-corrected chi connectivity index (χ2v) is 7.09. The molecule has 0 aliphatic carbocycles. The van der Waals surface area contributed by atoms with Gasteiger partial charge in [-0.3, -0.25) is 0 Å². The van der Waals surface area contributed by atoms with Crippen molar-refractivity contribution in [1.82, 2.24) is 5.32 Å². The lowest BCUT2D eigenvalue weighted by molar-refractivity contribution is 0.251. The van der Waals surface area contributed by atoms with Crippen LogP contribution in [0, 0.1) is 0 Å². The number of carbonyl (C=O) groups is 1. The van der Waals surface area contributed by atoms with Crippen molar-refractivity contribution in [3.8, 4) is 11.1 Å². The molecule has 0 aliphatic heterocycles. The second kappa shape index (κ2) is 9.93. The van der Waals surface area contributed by atoms with Gasteiger partial charge < -0.3 is 16.4 Å². The van der Waals surface area contributed by atoms with Gasteiger partial charge in [-0.15, -0.1) is 0 Å². The summed E-state index contributed by atoms with van der Waals surface area (Å²) in [7, 11) is 0. The standard InChI is InChI=1S/C23H24ClN3O/c24-21-12-11-19(18-9-5-2-6-10-18)16-22(21)27-23(28)26-14-13-20(25)15-17-7-3-1-4-8-17/h1-12,16,20H,13-15,25H2,(H2,26,27,28). The van der Waals surface area contributed by atoms with E-state index >= 15 is 0 Å². The summed E-state index contributed by atoms with van der Waals surface area (Å²) in [5.74, 6) is 0. The third-order valence-corrected chi connectivity index (χ3v) is 4.79. The van der Waals surface area contributed by atoms with Crippen LogP contribution in [0.25, 0.3) is 11.1 Å². The fraction of sp³-hybridized carbons (Fsp3) is 0.174. The van der Waals surface area contributed by atoms with Gasteiger partial charge in [-0.25, -0.2) is 4.79 Å². The molecule has 4 nitrogen and oxygen atoms in total. The molecular formula is C23H24ClN3O. The smallest absolute Gasteiger partial charge is 0.319 e. The molecular weight excluding hydrogens is 370 g/mol. The third-order valence-electron chi connectivity index (χ3n) is 4.46. The van der Waals surface area contributed by atoms with Gasteiger partial charge in [0.1, 0.15) is 0 Å². The van der Waals surface area contributed by atoms with E-state index in [0.29, 0.717) is 23.7 Å². The monoisotopic (exact) mass is 393 g/mol. The highest BCUT2D eigenvalue weighted by atomic mass is 35.5. The van der Waals surface area contributed by atoms with E-state index in [-0.39, 0.29) is 12.1 Å². The van der Waals surface area contributed by atoms with Crippen molar-refractivity contribution in [3.63, 3.8) is 0 Å². The maximum absolute atomic E-state index is 12.2. The Morgan fingerprint density at radius 2 is 1.61 bits per heavy atom. The number of hydrogen-bond acceptors (Lipinski definition) is 2. The first-order valence-electron chi connectivity index (χ1n) is 9.31. The summed E-state index contributed by atoms with van der Waals surface area (Å²) in [5, 5.41) is 6.16. The molecule has 5 heteroatoms. The van der Waals surface area contributed by atoms with Gasteiger partial charge in [0.25, 0.3) is 0 Å². The summed E-state index contributed by atoms with van der Waals surface area (Å²) in [6.45, 7) is 0.496. The summed E-state index contributed by atoms with van der Waals surface area (Å²) in [5.41, 5.74) is 9.99. The first kappa shape index (κ1) is 19.9. The number of anilines is 1. The van der Waals surface area contributed by atoms with Crippen molar-refractivity contribution in [2.24, 2.45) is 5.73 Å². The molecule has 0 fully saturated rings. The largest absolute Gasteiger partial charge is 0.338 e.